The lowest BCUT2D eigenvalue weighted by atomic mass is 10.2. The van der Waals surface area contributed by atoms with Crippen molar-refractivity contribution in [2.45, 2.75) is 16.2 Å². The number of nitrogens with zero attached hydrogens (tertiary/aromatic N) is 2. The molecule has 11 heteroatoms. The van der Waals surface area contributed by atoms with E-state index in [-0.39, 0.29) is 47.7 Å². The van der Waals surface area contributed by atoms with Crippen LogP contribution in [0.15, 0.2) is 58.3 Å². The number of sulfone groups is 1. The molecule has 0 radical (unpaired) electrons. The van der Waals surface area contributed by atoms with Gasteiger partial charge in [-0.2, -0.15) is 4.31 Å². The molecular formula is C21H25FN2O6S2. The highest BCUT2D eigenvalue weighted by Crippen LogP contribution is 2.20. The number of sulfonamides is 1. The molecule has 0 atom stereocenters. The fourth-order valence-corrected chi connectivity index (χ4v) is 6.03. The standard InChI is InChI=1S/C21H25FN2O6S2/c1-30-15-16-31(26,27)19-7-3-17(4-8-19)21(25)23-11-2-12-24(14-13-23)32(28,29)20-9-5-18(22)6-10-20/h3-10H,2,11-16H2,1H3. The van der Waals surface area contributed by atoms with Gasteiger partial charge < -0.3 is 9.64 Å². The molecule has 174 valence electrons. The number of ether oxygens (including phenoxy) is 1. The van der Waals surface area contributed by atoms with Crippen molar-refractivity contribution < 1.29 is 30.8 Å². The predicted octanol–water partition coefficient (Wildman–Crippen LogP) is 1.78. The van der Waals surface area contributed by atoms with Gasteiger partial charge in [-0.25, -0.2) is 21.2 Å². The molecule has 8 nitrogen and oxygen atoms in total. The van der Waals surface area contributed by atoms with Crippen LogP contribution in [0, 0.1) is 5.82 Å². The van der Waals surface area contributed by atoms with Gasteiger partial charge in [-0.3, -0.25) is 4.79 Å². The molecule has 0 aromatic heterocycles. The number of amides is 1. The molecule has 32 heavy (non-hydrogen) atoms. The summed E-state index contributed by atoms with van der Waals surface area (Å²) < 4.78 is 69.4. The molecule has 0 unspecified atom stereocenters. The molecular weight excluding hydrogens is 459 g/mol. The first kappa shape index (κ1) is 24.3. The van der Waals surface area contributed by atoms with E-state index in [1.54, 1.807) is 4.90 Å². The number of hydrogen-bond acceptors (Lipinski definition) is 6. The molecule has 1 aliphatic heterocycles. The number of hydrogen-bond donors (Lipinski definition) is 0. The molecule has 0 aliphatic carbocycles. The Morgan fingerprint density at radius 1 is 0.906 bits per heavy atom. The van der Waals surface area contributed by atoms with Crippen molar-refractivity contribution in [1.82, 2.24) is 9.21 Å². The van der Waals surface area contributed by atoms with Crippen LogP contribution in [-0.4, -0.2) is 77.6 Å². The van der Waals surface area contributed by atoms with Gasteiger partial charge in [0.25, 0.3) is 5.91 Å². The van der Waals surface area contributed by atoms with E-state index in [1.807, 2.05) is 0 Å². The van der Waals surface area contributed by atoms with Crippen molar-refractivity contribution >= 4 is 25.8 Å². The molecule has 0 bridgehead atoms. The first-order chi connectivity index (χ1) is 15.1. The topological polar surface area (TPSA) is 101 Å². The van der Waals surface area contributed by atoms with Crippen LogP contribution in [0.25, 0.3) is 0 Å². The van der Waals surface area contributed by atoms with Gasteiger partial charge in [0.1, 0.15) is 5.82 Å². The second-order valence-corrected chi connectivity index (χ2v) is 11.4. The lowest BCUT2D eigenvalue weighted by molar-refractivity contribution is 0.0764. The predicted molar refractivity (Wildman–Crippen MR) is 116 cm³/mol. The number of carbonyl (C=O) groups is 1. The van der Waals surface area contributed by atoms with Gasteiger partial charge in [-0.05, 0) is 55.0 Å². The Bertz CT molecular complexity index is 1150. The normalized spacial score (nSPS) is 16.0. The number of benzene rings is 2. The van der Waals surface area contributed by atoms with E-state index in [4.69, 9.17) is 4.74 Å². The van der Waals surface area contributed by atoms with Gasteiger partial charge in [0, 0.05) is 38.9 Å². The second-order valence-electron chi connectivity index (χ2n) is 7.34. The monoisotopic (exact) mass is 484 g/mol. The number of carbonyl (C=O) groups excluding carboxylic acids is 1. The van der Waals surface area contributed by atoms with Crippen LogP contribution in [0.3, 0.4) is 0 Å². The van der Waals surface area contributed by atoms with Gasteiger partial charge in [-0.1, -0.05) is 0 Å². The summed E-state index contributed by atoms with van der Waals surface area (Å²) in [7, 11) is -5.87. The minimum absolute atomic E-state index is 0.00366. The Morgan fingerprint density at radius 2 is 1.53 bits per heavy atom. The van der Waals surface area contributed by atoms with Crippen molar-refractivity contribution in [1.29, 1.82) is 0 Å². The Hall–Kier alpha value is -2.34. The highest BCUT2D eigenvalue weighted by atomic mass is 32.2. The number of methoxy groups -OCH3 is 1. The maximum atomic E-state index is 13.1. The third kappa shape index (κ3) is 5.52. The largest absolute Gasteiger partial charge is 0.384 e. The minimum atomic E-state index is -3.79. The fraction of sp³-hybridized carbons (Fsp3) is 0.381. The fourth-order valence-electron chi connectivity index (χ4n) is 3.39. The average Bonchev–Trinajstić information content (AvgIpc) is 3.04. The van der Waals surface area contributed by atoms with Crippen molar-refractivity contribution in [3.05, 3.63) is 59.9 Å². The molecule has 0 spiro atoms. The maximum Gasteiger partial charge on any atom is 0.253 e. The molecule has 3 rings (SSSR count). The van der Waals surface area contributed by atoms with Gasteiger partial charge in [0.05, 0.1) is 22.2 Å². The van der Waals surface area contributed by atoms with Crippen LogP contribution in [0.1, 0.15) is 16.8 Å². The molecule has 1 amide bonds. The Labute approximate surface area is 187 Å². The zero-order chi connectivity index (χ0) is 23.4. The van der Waals surface area contributed by atoms with E-state index in [9.17, 15) is 26.0 Å². The first-order valence-electron chi connectivity index (χ1n) is 10.0. The molecule has 2 aromatic carbocycles. The zero-order valence-corrected chi connectivity index (χ0v) is 19.2. The van der Waals surface area contributed by atoms with Crippen molar-refractivity contribution in [2.75, 3.05) is 45.6 Å². The van der Waals surface area contributed by atoms with E-state index in [0.717, 1.165) is 12.1 Å². The van der Waals surface area contributed by atoms with Gasteiger partial charge in [0.2, 0.25) is 10.0 Å². The van der Waals surface area contributed by atoms with Crippen LogP contribution < -0.4 is 0 Å². The minimum Gasteiger partial charge on any atom is -0.384 e. The van der Waals surface area contributed by atoms with Crippen LogP contribution >= 0.6 is 0 Å². The van der Waals surface area contributed by atoms with E-state index in [1.165, 1.54) is 47.8 Å². The zero-order valence-electron chi connectivity index (χ0n) is 17.6. The average molecular weight is 485 g/mol. The lowest BCUT2D eigenvalue weighted by Gasteiger charge is -2.22. The highest BCUT2D eigenvalue weighted by Gasteiger charge is 2.28. The summed E-state index contributed by atoms with van der Waals surface area (Å²) in [6.45, 7) is 0.971. The summed E-state index contributed by atoms with van der Waals surface area (Å²) in [6, 6.07) is 10.3. The molecule has 1 saturated heterocycles. The van der Waals surface area contributed by atoms with Gasteiger partial charge in [-0.15, -0.1) is 0 Å². The summed E-state index contributed by atoms with van der Waals surface area (Å²) in [6.07, 6.45) is 0.440. The van der Waals surface area contributed by atoms with Crippen molar-refractivity contribution in [3.63, 3.8) is 0 Å². The van der Waals surface area contributed by atoms with Crippen LogP contribution in [0.4, 0.5) is 4.39 Å². The lowest BCUT2D eigenvalue weighted by Crippen LogP contribution is -2.37. The van der Waals surface area contributed by atoms with E-state index >= 15 is 0 Å². The van der Waals surface area contributed by atoms with Crippen LogP contribution in [0.2, 0.25) is 0 Å². The molecule has 0 N–H and O–H groups in total. The van der Waals surface area contributed by atoms with E-state index < -0.39 is 25.7 Å². The summed E-state index contributed by atoms with van der Waals surface area (Å²) in [5, 5.41) is 0. The van der Waals surface area contributed by atoms with Gasteiger partial charge >= 0.3 is 0 Å². The first-order valence-corrected chi connectivity index (χ1v) is 13.1. The van der Waals surface area contributed by atoms with Crippen molar-refractivity contribution in [3.8, 4) is 0 Å². The smallest absolute Gasteiger partial charge is 0.253 e. The molecule has 0 saturated carbocycles. The number of rotatable bonds is 7. The van der Waals surface area contributed by atoms with Crippen LogP contribution in [0.5, 0.6) is 0 Å². The summed E-state index contributed by atoms with van der Waals surface area (Å²) in [5.74, 6) is -0.970. The Kier molecular flexibility index (Phi) is 7.65. The third-order valence-corrected chi connectivity index (χ3v) is 8.82. The summed E-state index contributed by atoms with van der Waals surface area (Å²) >= 11 is 0. The summed E-state index contributed by atoms with van der Waals surface area (Å²) in [4.78, 5) is 14.6. The van der Waals surface area contributed by atoms with E-state index in [0.29, 0.717) is 18.5 Å². The second kappa shape index (κ2) is 10.1. The maximum absolute atomic E-state index is 13.1. The Morgan fingerprint density at radius 3 is 2.16 bits per heavy atom. The number of halogens is 1. The van der Waals surface area contributed by atoms with Crippen LogP contribution in [-0.2, 0) is 24.6 Å². The van der Waals surface area contributed by atoms with Gasteiger partial charge in [0.15, 0.2) is 9.84 Å². The molecule has 2 aromatic rings. The van der Waals surface area contributed by atoms with E-state index in [2.05, 4.69) is 0 Å². The molecule has 1 fully saturated rings. The Balaban J connectivity index is 1.68. The molecule has 1 aliphatic rings. The highest BCUT2D eigenvalue weighted by molar-refractivity contribution is 7.91. The quantitative estimate of drug-likeness (QED) is 0.594. The summed E-state index contributed by atoms with van der Waals surface area (Å²) in [5.41, 5.74) is 0.325. The molecule has 1 heterocycles. The van der Waals surface area contributed by atoms with Crippen molar-refractivity contribution in [2.24, 2.45) is 0 Å². The SMILES string of the molecule is COCCS(=O)(=O)c1ccc(C(=O)N2CCCN(S(=O)(=O)c3ccc(F)cc3)CC2)cc1. The third-order valence-electron chi connectivity index (χ3n) is 5.21.